The Bertz CT molecular complexity index is 1060. The number of ether oxygens (including phenoxy) is 1. The van der Waals surface area contributed by atoms with Crippen LogP contribution >= 0.6 is 24.0 Å². The van der Waals surface area contributed by atoms with Crippen molar-refractivity contribution in [2.24, 2.45) is 0 Å². The van der Waals surface area contributed by atoms with E-state index >= 15 is 0 Å². The van der Waals surface area contributed by atoms with E-state index in [0.29, 0.717) is 16.6 Å². The molecule has 1 unspecified atom stereocenters. The minimum Gasteiger partial charge on any atom is -0.457 e. The quantitative estimate of drug-likeness (QED) is 0.365. The van der Waals surface area contributed by atoms with E-state index in [0.717, 1.165) is 11.3 Å². The zero-order valence-corrected chi connectivity index (χ0v) is 21.5. The second kappa shape index (κ2) is 12.1. The SMILES string of the molecule is CC(C)(C)ONC(=O)CCN1C(=O)C(CC(=O)NCc2ccc(Oc3ccccc3)cc2)SC1=S. The topological polar surface area (TPSA) is 97.0 Å². The molecule has 186 valence electrons. The molecule has 1 fully saturated rings. The fourth-order valence-corrected chi connectivity index (χ4v) is 4.59. The van der Waals surface area contributed by atoms with Crippen molar-refractivity contribution in [3.05, 3.63) is 60.2 Å². The average molecular weight is 516 g/mol. The molecule has 0 saturated carbocycles. The van der Waals surface area contributed by atoms with E-state index in [1.807, 2.05) is 75.4 Å². The van der Waals surface area contributed by atoms with Gasteiger partial charge in [0.25, 0.3) is 0 Å². The summed E-state index contributed by atoms with van der Waals surface area (Å²) in [7, 11) is 0. The standard InChI is InChI=1S/C25H29N3O5S2/c1-25(2,3)33-27-21(29)13-14-28-23(31)20(35-24(28)34)15-22(30)26-16-17-9-11-19(12-10-17)32-18-7-5-4-6-8-18/h4-12,20H,13-16H2,1-3H3,(H,26,30)(H,27,29). The molecule has 35 heavy (non-hydrogen) atoms. The molecule has 0 spiro atoms. The first-order valence-electron chi connectivity index (χ1n) is 11.2. The Morgan fingerprint density at radius 3 is 2.34 bits per heavy atom. The van der Waals surface area contributed by atoms with E-state index in [2.05, 4.69) is 10.8 Å². The summed E-state index contributed by atoms with van der Waals surface area (Å²) in [5.41, 5.74) is 2.76. The molecule has 1 heterocycles. The van der Waals surface area contributed by atoms with Gasteiger partial charge in [-0.15, -0.1) is 0 Å². The van der Waals surface area contributed by atoms with E-state index in [-0.39, 0.29) is 37.1 Å². The molecule has 1 saturated heterocycles. The maximum atomic E-state index is 12.7. The van der Waals surface area contributed by atoms with Gasteiger partial charge in [0.05, 0.1) is 10.9 Å². The number of hydroxylamine groups is 1. The van der Waals surface area contributed by atoms with Crippen LogP contribution in [0.15, 0.2) is 54.6 Å². The zero-order valence-electron chi connectivity index (χ0n) is 19.9. The van der Waals surface area contributed by atoms with E-state index in [4.69, 9.17) is 21.8 Å². The number of para-hydroxylation sites is 1. The fourth-order valence-electron chi connectivity index (χ4n) is 3.05. The van der Waals surface area contributed by atoms with E-state index in [9.17, 15) is 14.4 Å². The molecule has 8 nitrogen and oxygen atoms in total. The summed E-state index contributed by atoms with van der Waals surface area (Å²) in [6, 6.07) is 16.9. The first-order chi connectivity index (χ1) is 16.6. The van der Waals surface area contributed by atoms with Crippen molar-refractivity contribution < 1.29 is 24.0 Å². The molecular formula is C25H29N3O5S2. The van der Waals surface area contributed by atoms with E-state index < -0.39 is 10.9 Å². The molecule has 2 aromatic rings. The second-order valence-corrected chi connectivity index (χ2v) is 10.7. The minimum absolute atomic E-state index is 0.00860. The van der Waals surface area contributed by atoms with E-state index in [1.54, 1.807) is 0 Å². The minimum atomic E-state index is -0.599. The maximum absolute atomic E-state index is 12.7. The molecule has 3 amide bonds. The molecule has 1 aliphatic heterocycles. The van der Waals surface area contributed by atoms with Crippen LogP contribution in [-0.2, 0) is 25.8 Å². The highest BCUT2D eigenvalue weighted by Crippen LogP contribution is 2.29. The van der Waals surface area contributed by atoms with Gasteiger partial charge in [-0.05, 0) is 50.6 Å². The molecule has 1 atom stereocenters. The van der Waals surface area contributed by atoms with Crippen LogP contribution in [0.4, 0.5) is 0 Å². The van der Waals surface area contributed by atoms with Gasteiger partial charge in [0.1, 0.15) is 15.8 Å². The van der Waals surface area contributed by atoms with Crippen LogP contribution < -0.4 is 15.5 Å². The summed E-state index contributed by atoms with van der Waals surface area (Å²) in [5.74, 6) is 0.593. The molecule has 10 heteroatoms. The highest BCUT2D eigenvalue weighted by molar-refractivity contribution is 8.24. The Morgan fingerprint density at radius 2 is 1.69 bits per heavy atom. The molecular weight excluding hydrogens is 486 g/mol. The molecule has 0 bridgehead atoms. The summed E-state index contributed by atoms with van der Waals surface area (Å²) in [6.45, 7) is 5.91. The lowest BCUT2D eigenvalue weighted by molar-refractivity contribution is -0.146. The number of amides is 3. The third kappa shape index (κ3) is 8.65. The molecule has 1 aliphatic rings. The third-order valence-corrected chi connectivity index (χ3v) is 6.39. The smallest absolute Gasteiger partial charge is 0.245 e. The predicted molar refractivity (Wildman–Crippen MR) is 139 cm³/mol. The third-order valence-electron chi connectivity index (χ3n) is 4.80. The fraction of sp³-hybridized carbons (Fsp3) is 0.360. The van der Waals surface area contributed by atoms with Gasteiger partial charge in [0.2, 0.25) is 17.7 Å². The van der Waals surface area contributed by atoms with Gasteiger partial charge in [-0.1, -0.05) is 54.3 Å². The molecule has 0 radical (unpaired) electrons. The number of thioether (sulfide) groups is 1. The van der Waals surface area contributed by atoms with Crippen molar-refractivity contribution in [2.75, 3.05) is 6.54 Å². The number of nitrogens with one attached hydrogen (secondary N) is 2. The summed E-state index contributed by atoms with van der Waals surface area (Å²) in [4.78, 5) is 43.7. The van der Waals surface area contributed by atoms with Gasteiger partial charge in [-0.3, -0.25) is 24.1 Å². The number of nitrogens with zero attached hydrogens (tertiary/aromatic N) is 1. The van der Waals surface area contributed by atoms with Gasteiger partial charge >= 0.3 is 0 Å². The lowest BCUT2D eigenvalue weighted by atomic mass is 10.2. The van der Waals surface area contributed by atoms with Crippen molar-refractivity contribution in [1.82, 2.24) is 15.7 Å². The molecule has 2 aromatic carbocycles. The van der Waals surface area contributed by atoms with Crippen LogP contribution in [0.2, 0.25) is 0 Å². The first-order valence-corrected chi connectivity index (χ1v) is 12.5. The van der Waals surface area contributed by atoms with Crippen molar-refractivity contribution in [2.45, 2.75) is 51.0 Å². The Morgan fingerprint density at radius 1 is 1.03 bits per heavy atom. The summed E-state index contributed by atoms with van der Waals surface area (Å²) >= 11 is 6.46. The number of rotatable bonds is 10. The van der Waals surface area contributed by atoms with Crippen molar-refractivity contribution in [1.29, 1.82) is 0 Å². The average Bonchev–Trinajstić information content (AvgIpc) is 3.08. The zero-order chi connectivity index (χ0) is 25.4. The van der Waals surface area contributed by atoms with Crippen LogP contribution in [-0.4, -0.2) is 44.3 Å². The van der Waals surface area contributed by atoms with Crippen molar-refractivity contribution in [3.63, 3.8) is 0 Å². The van der Waals surface area contributed by atoms with Crippen LogP contribution in [0.5, 0.6) is 11.5 Å². The Hall–Kier alpha value is -2.95. The number of carbonyl (C=O) groups is 3. The number of hydrogen-bond donors (Lipinski definition) is 2. The Balaban J connectivity index is 1.41. The van der Waals surface area contributed by atoms with Crippen LogP contribution in [0.1, 0.15) is 39.2 Å². The largest absolute Gasteiger partial charge is 0.457 e. The number of hydrogen-bond acceptors (Lipinski definition) is 7. The normalized spacial score (nSPS) is 15.7. The molecule has 0 aliphatic carbocycles. The van der Waals surface area contributed by atoms with Gasteiger partial charge in [0.15, 0.2) is 0 Å². The second-order valence-electron chi connectivity index (χ2n) is 8.89. The Kier molecular flexibility index (Phi) is 9.25. The van der Waals surface area contributed by atoms with Gasteiger partial charge in [-0.25, -0.2) is 5.48 Å². The van der Waals surface area contributed by atoms with Gasteiger partial charge in [0, 0.05) is 25.9 Å². The highest BCUT2D eigenvalue weighted by Gasteiger charge is 2.38. The molecule has 3 rings (SSSR count). The van der Waals surface area contributed by atoms with Crippen molar-refractivity contribution in [3.8, 4) is 11.5 Å². The highest BCUT2D eigenvalue weighted by atomic mass is 32.2. The van der Waals surface area contributed by atoms with Crippen LogP contribution in [0.3, 0.4) is 0 Å². The van der Waals surface area contributed by atoms with Crippen molar-refractivity contribution >= 4 is 46.0 Å². The van der Waals surface area contributed by atoms with Crippen LogP contribution in [0.25, 0.3) is 0 Å². The molecule has 2 N–H and O–H groups in total. The number of carbonyl (C=O) groups excluding carboxylic acids is 3. The van der Waals surface area contributed by atoms with Gasteiger partial charge in [-0.2, -0.15) is 0 Å². The van der Waals surface area contributed by atoms with E-state index in [1.165, 1.54) is 16.7 Å². The lowest BCUT2D eigenvalue weighted by Gasteiger charge is -2.20. The maximum Gasteiger partial charge on any atom is 0.245 e. The number of benzene rings is 2. The first kappa shape index (κ1) is 26.7. The number of thiocarbonyl (C=S) groups is 1. The van der Waals surface area contributed by atoms with Crippen LogP contribution in [0, 0.1) is 0 Å². The Labute approximate surface area is 214 Å². The summed E-state index contributed by atoms with van der Waals surface area (Å²) in [6.07, 6.45) is 0.0556. The monoisotopic (exact) mass is 515 g/mol. The molecule has 0 aromatic heterocycles. The predicted octanol–water partition coefficient (Wildman–Crippen LogP) is 3.95. The van der Waals surface area contributed by atoms with Gasteiger partial charge < -0.3 is 10.1 Å². The lowest BCUT2D eigenvalue weighted by Crippen LogP contribution is -2.38. The summed E-state index contributed by atoms with van der Waals surface area (Å²) in [5, 5.41) is 2.24. The summed E-state index contributed by atoms with van der Waals surface area (Å²) < 4.78 is 6.13.